The molecule has 0 bridgehead atoms. The topological polar surface area (TPSA) is 118 Å². The Bertz CT molecular complexity index is 179. The second-order valence-electron chi connectivity index (χ2n) is 4.87. The molecule has 0 aromatic heterocycles. The van der Waals surface area contributed by atoms with E-state index in [-0.39, 0.29) is 26.4 Å². The van der Waals surface area contributed by atoms with Gasteiger partial charge in [0.25, 0.3) is 0 Å². The molecule has 0 aliphatic heterocycles. The minimum Gasteiger partial charge on any atom is -0.481 e. The number of aliphatic hydroxyl groups is 4. The van der Waals surface area contributed by atoms with Crippen molar-refractivity contribution in [3.63, 3.8) is 0 Å². The van der Waals surface area contributed by atoms with Crippen LogP contribution < -0.4 is 0 Å². The first-order valence-corrected chi connectivity index (χ1v) is 8.25. The number of carboxylic acid groups (broad SMARTS) is 1. The SMILES string of the molecule is CCCCCCCCCCCC(=O)O.OCCO.OCCO. The lowest BCUT2D eigenvalue weighted by Crippen LogP contribution is -1.93. The van der Waals surface area contributed by atoms with Gasteiger partial charge in [-0.15, -0.1) is 0 Å². The number of hydrogen-bond donors (Lipinski definition) is 5. The first-order chi connectivity index (χ1) is 10.6. The van der Waals surface area contributed by atoms with Gasteiger partial charge in [0.1, 0.15) is 0 Å². The quantitative estimate of drug-likeness (QED) is 0.350. The zero-order valence-electron chi connectivity index (χ0n) is 14.0. The van der Waals surface area contributed by atoms with Gasteiger partial charge in [-0.05, 0) is 6.42 Å². The molecular weight excluding hydrogens is 288 g/mol. The van der Waals surface area contributed by atoms with E-state index in [0.29, 0.717) is 6.42 Å². The van der Waals surface area contributed by atoms with Gasteiger partial charge in [0, 0.05) is 6.42 Å². The molecule has 136 valence electrons. The number of unbranched alkanes of at least 4 members (excludes halogenated alkanes) is 8. The van der Waals surface area contributed by atoms with Crippen LogP contribution in [0.1, 0.15) is 71.1 Å². The molecule has 0 rings (SSSR count). The van der Waals surface area contributed by atoms with Crippen molar-refractivity contribution in [2.24, 2.45) is 0 Å². The van der Waals surface area contributed by atoms with Crippen LogP contribution in [0.2, 0.25) is 0 Å². The number of rotatable bonds is 12. The highest BCUT2D eigenvalue weighted by molar-refractivity contribution is 5.66. The molecule has 0 aromatic carbocycles. The summed E-state index contributed by atoms with van der Waals surface area (Å²) in [4.78, 5) is 10.2. The number of carboxylic acids is 1. The molecule has 0 heterocycles. The van der Waals surface area contributed by atoms with Crippen LogP contribution in [0.5, 0.6) is 0 Å². The lowest BCUT2D eigenvalue weighted by atomic mass is 10.1. The second kappa shape index (κ2) is 28.5. The monoisotopic (exact) mass is 324 g/mol. The van der Waals surface area contributed by atoms with Crippen molar-refractivity contribution in [1.29, 1.82) is 0 Å². The van der Waals surface area contributed by atoms with Crippen molar-refractivity contribution in [2.45, 2.75) is 71.1 Å². The van der Waals surface area contributed by atoms with Crippen molar-refractivity contribution in [2.75, 3.05) is 26.4 Å². The summed E-state index contributed by atoms with van der Waals surface area (Å²) in [5, 5.41) is 38.9. The van der Waals surface area contributed by atoms with Gasteiger partial charge in [0.2, 0.25) is 0 Å². The summed E-state index contributed by atoms with van der Waals surface area (Å²) in [5.41, 5.74) is 0. The molecule has 0 aliphatic rings. The average molecular weight is 324 g/mol. The van der Waals surface area contributed by atoms with E-state index in [9.17, 15) is 4.79 Å². The van der Waals surface area contributed by atoms with E-state index in [2.05, 4.69) is 6.92 Å². The summed E-state index contributed by atoms with van der Waals surface area (Å²) >= 11 is 0. The fraction of sp³-hybridized carbons (Fsp3) is 0.938. The molecule has 6 heteroatoms. The minimum absolute atomic E-state index is 0.125. The highest BCUT2D eigenvalue weighted by Gasteiger charge is 1.96. The van der Waals surface area contributed by atoms with Gasteiger partial charge in [0.05, 0.1) is 26.4 Å². The normalized spacial score (nSPS) is 9.32. The molecule has 5 N–H and O–H groups in total. The molecular formula is C16H36O6. The summed E-state index contributed by atoms with van der Waals surface area (Å²) in [5.74, 6) is -0.659. The van der Waals surface area contributed by atoms with Gasteiger partial charge in [-0.1, -0.05) is 58.3 Å². The smallest absolute Gasteiger partial charge is 0.303 e. The Morgan fingerprint density at radius 2 is 0.955 bits per heavy atom. The van der Waals surface area contributed by atoms with E-state index >= 15 is 0 Å². The Labute approximate surface area is 134 Å². The maximum Gasteiger partial charge on any atom is 0.303 e. The lowest BCUT2D eigenvalue weighted by Gasteiger charge is -2.00. The van der Waals surface area contributed by atoms with Crippen molar-refractivity contribution in [3.05, 3.63) is 0 Å². The summed E-state index contributed by atoms with van der Waals surface area (Å²) in [6.45, 7) is 1.73. The van der Waals surface area contributed by atoms with Crippen molar-refractivity contribution >= 4 is 5.97 Å². The Morgan fingerprint density at radius 3 is 1.23 bits per heavy atom. The van der Waals surface area contributed by atoms with Gasteiger partial charge in [-0.25, -0.2) is 0 Å². The number of aliphatic hydroxyl groups excluding tert-OH is 4. The predicted octanol–water partition coefficient (Wildman–Crippen LogP) is 1.93. The highest BCUT2D eigenvalue weighted by atomic mass is 16.4. The fourth-order valence-electron chi connectivity index (χ4n) is 1.59. The molecule has 0 aromatic rings. The van der Waals surface area contributed by atoms with Gasteiger partial charge in [-0.2, -0.15) is 0 Å². The minimum atomic E-state index is -0.659. The molecule has 0 unspecified atom stereocenters. The second-order valence-corrected chi connectivity index (χ2v) is 4.87. The van der Waals surface area contributed by atoms with E-state index in [1.807, 2.05) is 0 Å². The van der Waals surface area contributed by atoms with Crippen LogP contribution in [0.4, 0.5) is 0 Å². The standard InChI is InChI=1S/C12H24O2.2C2H6O2/c1-2-3-4-5-6-7-8-9-10-11-12(13)14;2*3-1-2-4/h2-11H2,1H3,(H,13,14);2*3-4H,1-2H2. The molecule has 6 nitrogen and oxygen atoms in total. The van der Waals surface area contributed by atoms with Gasteiger partial charge >= 0.3 is 5.97 Å². The third-order valence-corrected chi connectivity index (χ3v) is 2.69. The fourth-order valence-corrected chi connectivity index (χ4v) is 1.59. The largest absolute Gasteiger partial charge is 0.481 e. The van der Waals surface area contributed by atoms with Crippen LogP contribution in [0.15, 0.2) is 0 Å². The lowest BCUT2D eigenvalue weighted by molar-refractivity contribution is -0.137. The number of hydrogen-bond acceptors (Lipinski definition) is 5. The van der Waals surface area contributed by atoms with Gasteiger partial charge < -0.3 is 25.5 Å². The Hall–Kier alpha value is -0.690. The van der Waals surface area contributed by atoms with Gasteiger partial charge in [0.15, 0.2) is 0 Å². The Morgan fingerprint density at radius 1 is 0.636 bits per heavy atom. The van der Waals surface area contributed by atoms with Crippen LogP contribution in [0, 0.1) is 0 Å². The maximum atomic E-state index is 10.2. The van der Waals surface area contributed by atoms with Crippen LogP contribution in [-0.4, -0.2) is 57.9 Å². The molecule has 0 radical (unpaired) electrons. The Kier molecular flexibility index (Phi) is 33.9. The number of carbonyl (C=O) groups is 1. The first-order valence-electron chi connectivity index (χ1n) is 8.25. The van der Waals surface area contributed by atoms with E-state index in [1.54, 1.807) is 0 Å². The maximum absolute atomic E-state index is 10.2. The summed E-state index contributed by atoms with van der Waals surface area (Å²) in [7, 11) is 0. The molecule has 22 heavy (non-hydrogen) atoms. The van der Waals surface area contributed by atoms with Crippen molar-refractivity contribution in [1.82, 2.24) is 0 Å². The molecule has 0 spiro atoms. The van der Waals surface area contributed by atoms with Crippen LogP contribution in [0.3, 0.4) is 0 Å². The molecule has 0 fully saturated rings. The van der Waals surface area contributed by atoms with Crippen molar-refractivity contribution in [3.8, 4) is 0 Å². The molecule has 0 saturated heterocycles. The summed E-state index contributed by atoms with van der Waals surface area (Å²) < 4.78 is 0. The van der Waals surface area contributed by atoms with Crippen LogP contribution in [-0.2, 0) is 4.79 Å². The van der Waals surface area contributed by atoms with Crippen LogP contribution in [0.25, 0.3) is 0 Å². The van der Waals surface area contributed by atoms with E-state index < -0.39 is 5.97 Å². The summed E-state index contributed by atoms with van der Waals surface area (Å²) in [6, 6.07) is 0. The highest BCUT2D eigenvalue weighted by Crippen LogP contribution is 2.10. The third kappa shape index (κ3) is 42.7. The number of aliphatic carboxylic acids is 1. The molecule has 0 amide bonds. The Balaban J connectivity index is -0.000000372. The van der Waals surface area contributed by atoms with E-state index in [0.717, 1.165) is 12.8 Å². The third-order valence-electron chi connectivity index (χ3n) is 2.69. The molecule has 0 aliphatic carbocycles. The zero-order valence-corrected chi connectivity index (χ0v) is 14.0. The van der Waals surface area contributed by atoms with E-state index in [4.69, 9.17) is 25.5 Å². The molecule has 0 saturated carbocycles. The van der Waals surface area contributed by atoms with E-state index in [1.165, 1.54) is 44.9 Å². The summed E-state index contributed by atoms with van der Waals surface area (Å²) in [6.07, 6.45) is 11.5. The average Bonchev–Trinajstić information content (AvgIpc) is 2.53. The van der Waals surface area contributed by atoms with Gasteiger partial charge in [-0.3, -0.25) is 4.79 Å². The van der Waals surface area contributed by atoms with Crippen molar-refractivity contribution < 1.29 is 30.3 Å². The predicted molar refractivity (Wildman–Crippen MR) is 87.8 cm³/mol. The van der Waals surface area contributed by atoms with Crippen LogP contribution >= 0.6 is 0 Å². The first kappa shape index (κ1) is 26.2. The zero-order chi connectivity index (χ0) is 17.5. The molecule has 0 atom stereocenters.